The zero-order chi connectivity index (χ0) is 23.4. The first-order chi connectivity index (χ1) is 15.1. The Hall–Kier alpha value is -2.43. The van der Waals surface area contributed by atoms with Gasteiger partial charge in [-0.1, -0.05) is 31.9 Å². The van der Waals surface area contributed by atoms with Gasteiger partial charge >= 0.3 is 0 Å². The summed E-state index contributed by atoms with van der Waals surface area (Å²) in [5.74, 6) is -0.487. The molecule has 0 atom stereocenters. The number of nitrogens with one attached hydrogen (secondary N) is 3. The van der Waals surface area contributed by atoms with Crippen LogP contribution in [0.15, 0.2) is 47.4 Å². The van der Waals surface area contributed by atoms with Gasteiger partial charge in [0.2, 0.25) is 20.0 Å². The second-order valence-electron chi connectivity index (χ2n) is 7.98. The average molecular weight is 480 g/mol. The van der Waals surface area contributed by atoms with Crippen LogP contribution >= 0.6 is 0 Å². The number of rotatable bonds is 9. The molecule has 0 bridgehead atoms. The van der Waals surface area contributed by atoms with Crippen LogP contribution in [0.3, 0.4) is 0 Å². The third-order valence-corrected chi connectivity index (χ3v) is 8.40. The van der Waals surface area contributed by atoms with Crippen molar-refractivity contribution in [3.05, 3.63) is 53.6 Å². The number of benzene rings is 2. The highest BCUT2D eigenvalue weighted by molar-refractivity contribution is 7.92. The van der Waals surface area contributed by atoms with Crippen LogP contribution in [-0.2, 0) is 20.0 Å². The summed E-state index contributed by atoms with van der Waals surface area (Å²) in [6.45, 7) is 3.48. The minimum Gasteiger partial charge on any atom is -0.322 e. The van der Waals surface area contributed by atoms with Crippen LogP contribution in [0.1, 0.15) is 54.9 Å². The van der Waals surface area contributed by atoms with Crippen molar-refractivity contribution in [2.24, 2.45) is 0 Å². The van der Waals surface area contributed by atoms with E-state index in [0.717, 1.165) is 25.7 Å². The van der Waals surface area contributed by atoms with Gasteiger partial charge in [0.1, 0.15) is 0 Å². The molecule has 0 aliphatic heterocycles. The van der Waals surface area contributed by atoms with Crippen LogP contribution in [0, 0.1) is 6.92 Å². The smallest absolute Gasteiger partial charge is 0.255 e. The van der Waals surface area contributed by atoms with Gasteiger partial charge < -0.3 is 5.32 Å². The molecule has 0 radical (unpaired) electrons. The summed E-state index contributed by atoms with van der Waals surface area (Å²) in [4.78, 5) is 12.9. The molecule has 32 heavy (non-hydrogen) atoms. The second-order valence-corrected chi connectivity index (χ2v) is 11.5. The Balaban J connectivity index is 1.78. The maximum atomic E-state index is 12.8. The molecular formula is C22H29N3O5S2. The molecule has 1 saturated carbocycles. The predicted octanol–water partition coefficient (Wildman–Crippen LogP) is 3.62. The first kappa shape index (κ1) is 24.2. The molecule has 2 aromatic rings. The highest BCUT2D eigenvalue weighted by Gasteiger charge is 2.23. The second kappa shape index (κ2) is 10.0. The first-order valence-electron chi connectivity index (χ1n) is 10.6. The minimum absolute atomic E-state index is 0.000808. The van der Waals surface area contributed by atoms with E-state index in [1.165, 1.54) is 24.3 Å². The fourth-order valence-electron chi connectivity index (χ4n) is 3.70. The number of hydrogen-bond acceptors (Lipinski definition) is 5. The lowest BCUT2D eigenvalue weighted by Crippen LogP contribution is -2.32. The van der Waals surface area contributed by atoms with E-state index in [2.05, 4.69) is 14.8 Å². The van der Waals surface area contributed by atoms with E-state index in [9.17, 15) is 21.6 Å². The van der Waals surface area contributed by atoms with Crippen molar-refractivity contribution in [3.63, 3.8) is 0 Å². The molecule has 0 heterocycles. The van der Waals surface area contributed by atoms with Crippen LogP contribution < -0.4 is 14.8 Å². The summed E-state index contributed by atoms with van der Waals surface area (Å²) in [5, 5.41) is 2.75. The summed E-state index contributed by atoms with van der Waals surface area (Å²) in [5.41, 5.74) is 1.57. The SMILES string of the molecule is CCCS(=O)(=O)Nc1cccc(NC(=O)c2cccc(S(=O)(=O)NC3CCCC3)c2)c1C. The Morgan fingerprint density at radius 1 is 1.00 bits per heavy atom. The van der Waals surface area contributed by atoms with Crippen molar-refractivity contribution >= 4 is 37.3 Å². The molecule has 0 saturated heterocycles. The van der Waals surface area contributed by atoms with Crippen LogP contribution in [0.25, 0.3) is 0 Å². The zero-order valence-corrected chi connectivity index (χ0v) is 19.9. The summed E-state index contributed by atoms with van der Waals surface area (Å²) < 4.78 is 54.8. The summed E-state index contributed by atoms with van der Waals surface area (Å²) in [6.07, 6.45) is 4.12. The molecule has 1 aliphatic carbocycles. The number of carbonyl (C=O) groups excluding carboxylic acids is 1. The van der Waals surface area contributed by atoms with E-state index in [0.29, 0.717) is 23.4 Å². The van der Waals surface area contributed by atoms with Gasteiger partial charge in [-0.25, -0.2) is 21.6 Å². The number of hydrogen-bond donors (Lipinski definition) is 3. The third kappa shape index (κ3) is 6.08. The monoisotopic (exact) mass is 479 g/mol. The van der Waals surface area contributed by atoms with Crippen molar-refractivity contribution < 1.29 is 21.6 Å². The van der Waals surface area contributed by atoms with Gasteiger partial charge in [-0.2, -0.15) is 0 Å². The molecular weight excluding hydrogens is 450 g/mol. The lowest BCUT2D eigenvalue weighted by atomic mass is 10.1. The van der Waals surface area contributed by atoms with E-state index in [1.54, 1.807) is 32.0 Å². The number of sulfonamides is 2. The fraction of sp³-hybridized carbons (Fsp3) is 0.409. The quantitative estimate of drug-likeness (QED) is 0.507. The fourth-order valence-corrected chi connectivity index (χ4v) is 6.25. The summed E-state index contributed by atoms with van der Waals surface area (Å²) >= 11 is 0. The Bertz CT molecular complexity index is 1190. The van der Waals surface area contributed by atoms with Gasteiger partial charge in [-0.15, -0.1) is 0 Å². The standard InChI is InChI=1S/C22H29N3O5S2/c1-3-14-31(27,28)25-21-13-7-12-20(16(21)2)23-22(26)17-8-6-11-19(15-17)32(29,30)24-18-9-4-5-10-18/h6-8,11-13,15,18,24-25H,3-5,9-10,14H2,1-2H3,(H,23,26). The molecule has 0 unspecified atom stereocenters. The average Bonchev–Trinajstić information content (AvgIpc) is 3.23. The third-order valence-electron chi connectivity index (χ3n) is 5.40. The molecule has 0 aromatic heterocycles. The normalized spacial score (nSPS) is 14.9. The van der Waals surface area contributed by atoms with Gasteiger partial charge in [0.05, 0.1) is 16.3 Å². The maximum absolute atomic E-state index is 12.8. The zero-order valence-electron chi connectivity index (χ0n) is 18.2. The van der Waals surface area contributed by atoms with E-state index >= 15 is 0 Å². The molecule has 2 aromatic carbocycles. The molecule has 10 heteroatoms. The summed E-state index contributed by atoms with van der Waals surface area (Å²) in [6, 6.07) is 10.7. The van der Waals surface area contributed by atoms with Crippen LogP contribution in [-0.4, -0.2) is 34.5 Å². The van der Waals surface area contributed by atoms with E-state index in [1.807, 2.05) is 0 Å². The number of amides is 1. The molecule has 0 spiro atoms. The highest BCUT2D eigenvalue weighted by Crippen LogP contribution is 2.25. The largest absolute Gasteiger partial charge is 0.322 e. The molecule has 174 valence electrons. The van der Waals surface area contributed by atoms with Crippen molar-refractivity contribution in [2.45, 2.75) is 56.9 Å². The van der Waals surface area contributed by atoms with Crippen molar-refractivity contribution in [3.8, 4) is 0 Å². The molecule has 8 nitrogen and oxygen atoms in total. The van der Waals surface area contributed by atoms with Crippen LogP contribution in [0.4, 0.5) is 11.4 Å². The van der Waals surface area contributed by atoms with E-state index in [-0.39, 0.29) is 22.3 Å². The Morgan fingerprint density at radius 3 is 2.34 bits per heavy atom. The lowest BCUT2D eigenvalue weighted by molar-refractivity contribution is 0.102. The minimum atomic E-state index is -3.72. The van der Waals surface area contributed by atoms with Gasteiger partial charge in [0.15, 0.2) is 0 Å². The number of carbonyl (C=O) groups is 1. The van der Waals surface area contributed by atoms with Crippen molar-refractivity contribution in [1.82, 2.24) is 4.72 Å². The van der Waals surface area contributed by atoms with Gasteiger partial charge in [-0.3, -0.25) is 9.52 Å². The number of anilines is 2. The van der Waals surface area contributed by atoms with Gasteiger partial charge in [0, 0.05) is 17.3 Å². The van der Waals surface area contributed by atoms with Gasteiger partial charge in [-0.05, 0) is 62.1 Å². The topological polar surface area (TPSA) is 121 Å². The van der Waals surface area contributed by atoms with E-state index < -0.39 is 26.0 Å². The molecule has 1 fully saturated rings. The molecule has 3 N–H and O–H groups in total. The Labute approximate surface area is 189 Å². The Morgan fingerprint density at radius 2 is 1.66 bits per heavy atom. The molecule has 1 aliphatic rings. The Kier molecular flexibility index (Phi) is 7.58. The van der Waals surface area contributed by atoms with Gasteiger partial charge in [0.25, 0.3) is 5.91 Å². The van der Waals surface area contributed by atoms with Crippen molar-refractivity contribution in [2.75, 3.05) is 15.8 Å². The predicted molar refractivity (Wildman–Crippen MR) is 126 cm³/mol. The van der Waals surface area contributed by atoms with Crippen LogP contribution in [0.5, 0.6) is 0 Å². The maximum Gasteiger partial charge on any atom is 0.255 e. The summed E-state index contributed by atoms with van der Waals surface area (Å²) in [7, 11) is -7.19. The van der Waals surface area contributed by atoms with Crippen LogP contribution in [0.2, 0.25) is 0 Å². The molecule has 3 rings (SSSR count). The van der Waals surface area contributed by atoms with E-state index in [4.69, 9.17) is 0 Å². The first-order valence-corrected chi connectivity index (χ1v) is 13.8. The molecule has 1 amide bonds. The van der Waals surface area contributed by atoms with Crippen molar-refractivity contribution in [1.29, 1.82) is 0 Å². The highest BCUT2D eigenvalue weighted by atomic mass is 32.2. The lowest BCUT2D eigenvalue weighted by Gasteiger charge is -2.15.